The van der Waals surface area contributed by atoms with Crippen LogP contribution in [-0.4, -0.2) is 29.5 Å². The predicted octanol–water partition coefficient (Wildman–Crippen LogP) is 3.13. The van der Waals surface area contributed by atoms with Gasteiger partial charge in [-0.25, -0.2) is 0 Å². The van der Waals surface area contributed by atoms with E-state index in [9.17, 15) is 18.4 Å². The van der Waals surface area contributed by atoms with Crippen molar-refractivity contribution < 1.29 is 23.1 Å². The third-order valence-corrected chi connectivity index (χ3v) is 4.38. The van der Waals surface area contributed by atoms with Crippen molar-refractivity contribution in [1.29, 1.82) is 0 Å². The molecule has 0 bridgehead atoms. The van der Waals surface area contributed by atoms with E-state index in [-0.39, 0.29) is 24.1 Å². The van der Waals surface area contributed by atoms with Crippen molar-refractivity contribution in [2.45, 2.75) is 32.5 Å². The Morgan fingerprint density at radius 1 is 1.14 bits per heavy atom. The minimum absolute atomic E-state index is 0.0175. The molecule has 1 atom stereocenters. The molecule has 0 aliphatic rings. The molecular weight excluding hydrogens is 380 g/mol. The van der Waals surface area contributed by atoms with Gasteiger partial charge in [0.1, 0.15) is 11.8 Å². The zero-order valence-electron chi connectivity index (χ0n) is 15.7. The van der Waals surface area contributed by atoms with Gasteiger partial charge in [-0.3, -0.25) is 9.59 Å². The second kappa shape index (κ2) is 9.18. The summed E-state index contributed by atoms with van der Waals surface area (Å²) < 4.78 is 29.1. The Morgan fingerprint density at radius 2 is 1.93 bits per heavy atom. The number of ether oxygens (including phenoxy) is 1. The van der Waals surface area contributed by atoms with Crippen LogP contribution in [0.3, 0.4) is 0 Å². The molecule has 0 saturated heterocycles. The number of aromatic amines is 1. The number of hydrogen-bond donors (Lipinski definition) is 3. The molecule has 29 heavy (non-hydrogen) atoms. The van der Waals surface area contributed by atoms with Gasteiger partial charge in [-0.1, -0.05) is 30.3 Å². The normalized spacial score (nSPS) is 12.0. The van der Waals surface area contributed by atoms with E-state index in [0.29, 0.717) is 12.0 Å². The number of carbonyl (C=O) groups excluding carboxylic acids is 2. The van der Waals surface area contributed by atoms with Gasteiger partial charge < -0.3 is 20.4 Å². The topological polar surface area (TPSA) is 83.2 Å². The number of hydrogen-bond acceptors (Lipinski definition) is 3. The molecule has 1 aromatic heterocycles. The summed E-state index contributed by atoms with van der Waals surface area (Å²) in [7, 11) is 0. The van der Waals surface area contributed by atoms with Gasteiger partial charge in [-0.2, -0.15) is 8.78 Å². The van der Waals surface area contributed by atoms with Crippen molar-refractivity contribution in [3.63, 3.8) is 0 Å². The third-order valence-electron chi connectivity index (χ3n) is 4.38. The van der Waals surface area contributed by atoms with Crippen LogP contribution in [0.4, 0.5) is 8.78 Å². The van der Waals surface area contributed by atoms with Gasteiger partial charge in [-0.05, 0) is 29.3 Å². The maximum absolute atomic E-state index is 12.7. The van der Waals surface area contributed by atoms with Crippen molar-refractivity contribution >= 4 is 22.7 Å². The van der Waals surface area contributed by atoms with Crippen LogP contribution in [-0.2, 0) is 22.6 Å². The van der Waals surface area contributed by atoms with Crippen molar-refractivity contribution in [2.24, 2.45) is 0 Å². The lowest BCUT2D eigenvalue weighted by Crippen LogP contribution is -2.47. The lowest BCUT2D eigenvalue weighted by molar-refractivity contribution is -0.128. The highest BCUT2D eigenvalue weighted by Crippen LogP contribution is 2.19. The predicted molar refractivity (Wildman–Crippen MR) is 105 cm³/mol. The molecule has 0 fully saturated rings. The highest BCUT2D eigenvalue weighted by molar-refractivity contribution is 5.89. The Bertz CT molecular complexity index is 1000. The first-order chi connectivity index (χ1) is 13.9. The van der Waals surface area contributed by atoms with E-state index in [0.717, 1.165) is 16.5 Å². The molecular formula is C21H21F2N3O3. The zero-order valence-corrected chi connectivity index (χ0v) is 15.7. The van der Waals surface area contributed by atoms with Gasteiger partial charge in [-0.15, -0.1) is 0 Å². The summed E-state index contributed by atoms with van der Waals surface area (Å²) in [5.41, 5.74) is 2.45. The standard InChI is InChI=1S/C21H21F2N3O3/c1-13(27)26-19(10-15-12-24-18-8-3-2-7-17(15)18)20(28)25-11-14-5-4-6-16(9-14)29-21(22)23/h2-9,12,19,21,24H,10-11H2,1H3,(H,25,28)(H,26,27). The van der Waals surface area contributed by atoms with Gasteiger partial charge in [0.25, 0.3) is 0 Å². The first-order valence-electron chi connectivity index (χ1n) is 9.06. The van der Waals surface area contributed by atoms with E-state index < -0.39 is 12.7 Å². The fourth-order valence-corrected chi connectivity index (χ4v) is 3.12. The van der Waals surface area contributed by atoms with E-state index in [1.165, 1.54) is 19.1 Å². The Hall–Kier alpha value is -3.42. The van der Waals surface area contributed by atoms with Crippen LogP contribution in [0, 0.1) is 0 Å². The fourth-order valence-electron chi connectivity index (χ4n) is 3.12. The molecule has 3 aromatic rings. The minimum Gasteiger partial charge on any atom is -0.435 e. The molecule has 0 aliphatic carbocycles. The molecule has 0 radical (unpaired) electrons. The molecule has 8 heteroatoms. The Labute approximate surface area is 166 Å². The average molecular weight is 401 g/mol. The van der Waals surface area contributed by atoms with E-state index in [4.69, 9.17) is 0 Å². The first-order valence-corrected chi connectivity index (χ1v) is 9.06. The van der Waals surface area contributed by atoms with Gasteiger partial charge in [0.05, 0.1) is 0 Å². The SMILES string of the molecule is CC(=O)NC(Cc1c[nH]c2ccccc12)C(=O)NCc1cccc(OC(F)F)c1. The Morgan fingerprint density at radius 3 is 2.69 bits per heavy atom. The van der Waals surface area contributed by atoms with E-state index >= 15 is 0 Å². The Balaban J connectivity index is 1.68. The molecule has 1 unspecified atom stereocenters. The molecule has 6 nitrogen and oxygen atoms in total. The van der Waals surface area contributed by atoms with Crippen LogP contribution in [0.5, 0.6) is 5.75 Å². The van der Waals surface area contributed by atoms with Crippen LogP contribution in [0.25, 0.3) is 10.9 Å². The lowest BCUT2D eigenvalue weighted by Gasteiger charge is -2.17. The number of aromatic nitrogens is 1. The second-order valence-electron chi connectivity index (χ2n) is 6.56. The quantitative estimate of drug-likeness (QED) is 0.542. The van der Waals surface area contributed by atoms with Crippen LogP contribution in [0.2, 0.25) is 0 Å². The van der Waals surface area contributed by atoms with E-state index in [2.05, 4.69) is 20.4 Å². The van der Waals surface area contributed by atoms with Crippen LogP contribution >= 0.6 is 0 Å². The summed E-state index contributed by atoms with van der Waals surface area (Å²) in [6, 6.07) is 13.0. The largest absolute Gasteiger partial charge is 0.435 e. The summed E-state index contributed by atoms with van der Waals surface area (Å²) in [5, 5.41) is 6.39. The smallest absolute Gasteiger partial charge is 0.387 e. The highest BCUT2D eigenvalue weighted by Gasteiger charge is 2.21. The minimum atomic E-state index is -2.92. The number of amides is 2. The molecule has 3 N–H and O–H groups in total. The van der Waals surface area contributed by atoms with Crippen molar-refractivity contribution in [1.82, 2.24) is 15.6 Å². The molecule has 2 amide bonds. The number of H-pyrrole nitrogens is 1. The maximum atomic E-state index is 12.7. The fraction of sp³-hybridized carbons (Fsp3) is 0.238. The van der Waals surface area contributed by atoms with E-state index in [1.807, 2.05) is 30.5 Å². The average Bonchev–Trinajstić information content (AvgIpc) is 3.08. The number of benzene rings is 2. The summed E-state index contributed by atoms with van der Waals surface area (Å²) in [6.45, 7) is -1.45. The summed E-state index contributed by atoms with van der Waals surface area (Å²) in [6.07, 6.45) is 2.13. The van der Waals surface area contributed by atoms with Gasteiger partial charge in [0.15, 0.2) is 0 Å². The Kier molecular flexibility index (Phi) is 6.43. The van der Waals surface area contributed by atoms with E-state index in [1.54, 1.807) is 12.1 Å². The monoisotopic (exact) mass is 401 g/mol. The third kappa shape index (κ3) is 5.54. The van der Waals surface area contributed by atoms with Gasteiger partial charge >= 0.3 is 6.61 Å². The number of rotatable bonds is 8. The molecule has 1 heterocycles. The number of carbonyl (C=O) groups is 2. The van der Waals surface area contributed by atoms with Crippen molar-refractivity contribution in [3.8, 4) is 5.75 Å². The molecule has 152 valence electrons. The molecule has 3 rings (SSSR count). The molecule has 0 spiro atoms. The maximum Gasteiger partial charge on any atom is 0.387 e. The molecule has 2 aromatic carbocycles. The summed E-state index contributed by atoms with van der Waals surface area (Å²) >= 11 is 0. The van der Waals surface area contributed by atoms with Gasteiger partial charge in [0.2, 0.25) is 11.8 Å². The number of halogens is 2. The summed E-state index contributed by atoms with van der Waals surface area (Å²) in [4.78, 5) is 27.4. The zero-order chi connectivity index (χ0) is 20.8. The number of fused-ring (bicyclic) bond motifs is 1. The number of para-hydroxylation sites is 1. The summed E-state index contributed by atoms with van der Waals surface area (Å²) in [5.74, 6) is -0.674. The highest BCUT2D eigenvalue weighted by atomic mass is 19.3. The molecule has 0 saturated carbocycles. The van der Waals surface area contributed by atoms with Gasteiger partial charge in [0, 0.05) is 37.0 Å². The number of alkyl halides is 2. The first kappa shape index (κ1) is 20.3. The van der Waals surface area contributed by atoms with Crippen LogP contribution < -0.4 is 15.4 Å². The number of nitrogens with one attached hydrogen (secondary N) is 3. The lowest BCUT2D eigenvalue weighted by atomic mass is 10.0. The van der Waals surface area contributed by atoms with Crippen LogP contribution in [0.15, 0.2) is 54.7 Å². The second-order valence-corrected chi connectivity index (χ2v) is 6.56. The van der Waals surface area contributed by atoms with Crippen molar-refractivity contribution in [3.05, 3.63) is 65.9 Å². The molecule has 0 aliphatic heterocycles. The van der Waals surface area contributed by atoms with Crippen molar-refractivity contribution in [2.75, 3.05) is 0 Å². The van der Waals surface area contributed by atoms with Crippen LogP contribution in [0.1, 0.15) is 18.1 Å².